The van der Waals surface area contributed by atoms with Gasteiger partial charge < -0.3 is 15.2 Å². The molecule has 0 aliphatic carbocycles. The van der Waals surface area contributed by atoms with Crippen LogP contribution in [0.5, 0.6) is 0 Å². The lowest BCUT2D eigenvalue weighted by Crippen LogP contribution is -2.47. The molecule has 2 unspecified atom stereocenters. The van der Waals surface area contributed by atoms with Crippen molar-refractivity contribution in [3.8, 4) is 0 Å². The maximum Gasteiger partial charge on any atom is 0.310 e. The Morgan fingerprint density at radius 3 is 2.65 bits per heavy atom. The van der Waals surface area contributed by atoms with E-state index in [1.807, 2.05) is 11.8 Å². The van der Waals surface area contributed by atoms with Crippen LogP contribution in [-0.4, -0.2) is 60.8 Å². The van der Waals surface area contributed by atoms with Gasteiger partial charge >= 0.3 is 5.97 Å². The van der Waals surface area contributed by atoms with Crippen molar-refractivity contribution in [2.45, 2.75) is 33.2 Å². The summed E-state index contributed by atoms with van der Waals surface area (Å²) in [6.45, 7) is 8.28. The zero-order chi connectivity index (χ0) is 15.1. The fourth-order valence-corrected chi connectivity index (χ4v) is 2.34. The Labute approximate surface area is 120 Å². The normalized spacial score (nSPS) is 22.4. The molecule has 2 N–H and O–H groups in total. The van der Waals surface area contributed by atoms with E-state index in [1.165, 1.54) is 0 Å². The molecular formula is C14H26N2O4. The summed E-state index contributed by atoms with van der Waals surface area (Å²) in [5.41, 5.74) is 0. The number of nitrogens with one attached hydrogen (secondary N) is 1. The average molecular weight is 286 g/mol. The summed E-state index contributed by atoms with van der Waals surface area (Å²) in [7, 11) is 0. The monoisotopic (exact) mass is 286 g/mol. The zero-order valence-electron chi connectivity index (χ0n) is 12.6. The van der Waals surface area contributed by atoms with Gasteiger partial charge in [0.1, 0.15) is 0 Å². The number of carbonyl (C=O) groups is 2. The van der Waals surface area contributed by atoms with Gasteiger partial charge in [-0.1, -0.05) is 20.8 Å². The molecule has 1 amide bonds. The van der Waals surface area contributed by atoms with Crippen LogP contribution in [0, 0.1) is 11.8 Å². The molecule has 20 heavy (non-hydrogen) atoms. The minimum atomic E-state index is -0.855. The summed E-state index contributed by atoms with van der Waals surface area (Å²) >= 11 is 0. The van der Waals surface area contributed by atoms with Crippen LogP contribution in [0.2, 0.25) is 0 Å². The molecule has 116 valence electrons. The fraction of sp³-hybridized carbons (Fsp3) is 0.857. The second kappa shape index (κ2) is 8.21. The van der Waals surface area contributed by atoms with Gasteiger partial charge in [0, 0.05) is 12.6 Å². The molecule has 1 fully saturated rings. The topological polar surface area (TPSA) is 78.9 Å². The fourth-order valence-electron chi connectivity index (χ4n) is 2.34. The van der Waals surface area contributed by atoms with Crippen molar-refractivity contribution in [1.29, 1.82) is 0 Å². The summed E-state index contributed by atoms with van der Waals surface area (Å²) in [6.07, 6.45) is 0.947. The van der Waals surface area contributed by atoms with Gasteiger partial charge in [0.15, 0.2) is 0 Å². The minimum absolute atomic E-state index is 0.0523. The van der Waals surface area contributed by atoms with Crippen LogP contribution in [-0.2, 0) is 14.3 Å². The van der Waals surface area contributed by atoms with E-state index in [-0.39, 0.29) is 25.1 Å². The number of ether oxygens (including phenoxy) is 1. The lowest BCUT2D eigenvalue weighted by Gasteiger charge is -2.28. The van der Waals surface area contributed by atoms with Gasteiger partial charge in [-0.05, 0) is 18.9 Å². The lowest BCUT2D eigenvalue weighted by atomic mass is 10.0. The maximum absolute atomic E-state index is 11.9. The molecule has 1 aliphatic heterocycles. The number of carboxylic acid groups (broad SMARTS) is 1. The van der Waals surface area contributed by atoms with E-state index in [4.69, 9.17) is 9.84 Å². The van der Waals surface area contributed by atoms with Crippen LogP contribution in [0.4, 0.5) is 0 Å². The first kappa shape index (κ1) is 16.9. The number of nitrogens with zero attached hydrogens (tertiary/aromatic N) is 1. The molecule has 0 bridgehead atoms. The Balaban J connectivity index is 2.45. The highest BCUT2D eigenvalue weighted by atomic mass is 16.5. The number of likely N-dealkylation sites (N-methyl/N-ethyl adjacent to an activating group) is 1. The van der Waals surface area contributed by atoms with Gasteiger partial charge in [0.25, 0.3) is 0 Å². The van der Waals surface area contributed by atoms with E-state index in [1.54, 1.807) is 0 Å². The molecule has 0 aromatic carbocycles. The summed E-state index contributed by atoms with van der Waals surface area (Å²) in [6, 6.07) is -0.214. The van der Waals surface area contributed by atoms with Crippen LogP contribution >= 0.6 is 0 Å². The molecule has 0 radical (unpaired) electrons. The van der Waals surface area contributed by atoms with Crippen LogP contribution in [0.15, 0.2) is 0 Å². The van der Waals surface area contributed by atoms with Crippen molar-refractivity contribution in [3.05, 3.63) is 0 Å². The SMILES string of the molecule is CCN(CC(=O)NCCC(C)C)C1COCC1C(=O)O. The largest absolute Gasteiger partial charge is 0.481 e. The quantitative estimate of drug-likeness (QED) is 0.682. The Bertz CT molecular complexity index is 333. The number of carbonyl (C=O) groups excluding carboxylic acids is 1. The van der Waals surface area contributed by atoms with E-state index >= 15 is 0 Å². The number of rotatable bonds is 8. The standard InChI is InChI=1S/C14H26N2O4/c1-4-16(7-13(17)15-6-5-10(2)3)12-9-20-8-11(12)14(18)19/h10-12H,4-9H2,1-3H3,(H,15,17)(H,18,19). The molecule has 1 rings (SSSR count). The van der Waals surface area contributed by atoms with Gasteiger partial charge in [0.2, 0.25) is 5.91 Å². The molecule has 1 aliphatic rings. The molecule has 6 heteroatoms. The molecule has 1 heterocycles. The van der Waals surface area contributed by atoms with Crippen molar-refractivity contribution in [1.82, 2.24) is 10.2 Å². The molecule has 1 saturated heterocycles. The summed E-state index contributed by atoms with van der Waals surface area (Å²) in [4.78, 5) is 24.9. The van der Waals surface area contributed by atoms with Crippen LogP contribution in [0.1, 0.15) is 27.2 Å². The number of hydrogen-bond donors (Lipinski definition) is 2. The third kappa shape index (κ3) is 5.09. The Hall–Kier alpha value is -1.14. The van der Waals surface area contributed by atoms with Crippen molar-refractivity contribution < 1.29 is 19.4 Å². The van der Waals surface area contributed by atoms with Gasteiger partial charge in [-0.25, -0.2) is 0 Å². The second-order valence-corrected chi connectivity index (χ2v) is 5.65. The second-order valence-electron chi connectivity index (χ2n) is 5.65. The van der Waals surface area contributed by atoms with E-state index in [2.05, 4.69) is 19.2 Å². The maximum atomic E-state index is 11.9. The van der Waals surface area contributed by atoms with Gasteiger partial charge in [-0.15, -0.1) is 0 Å². The zero-order valence-corrected chi connectivity index (χ0v) is 12.6. The first-order valence-corrected chi connectivity index (χ1v) is 7.27. The van der Waals surface area contributed by atoms with E-state index in [0.29, 0.717) is 25.6 Å². The minimum Gasteiger partial charge on any atom is -0.481 e. The molecular weight excluding hydrogens is 260 g/mol. The summed E-state index contributed by atoms with van der Waals surface area (Å²) < 4.78 is 5.25. The third-order valence-electron chi connectivity index (χ3n) is 3.63. The number of hydrogen-bond acceptors (Lipinski definition) is 4. The molecule has 2 atom stereocenters. The highest BCUT2D eigenvalue weighted by molar-refractivity contribution is 5.78. The Kier molecular flexibility index (Phi) is 6.95. The van der Waals surface area contributed by atoms with Crippen molar-refractivity contribution >= 4 is 11.9 Å². The van der Waals surface area contributed by atoms with E-state index in [0.717, 1.165) is 6.42 Å². The molecule has 0 spiro atoms. The molecule has 0 saturated carbocycles. The van der Waals surface area contributed by atoms with Crippen molar-refractivity contribution in [3.63, 3.8) is 0 Å². The highest BCUT2D eigenvalue weighted by Crippen LogP contribution is 2.19. The first-order valence-electron chi connectivity index (χ1n) is 7.27. The molecule has 0 aromatic heterocycles. The average Bonchev–Trinajstić information content (AvgIpc) is 2.84. The Morgan fingerprint density at radius 1 is 1.40 bits per heavy atom. The number of aliphatic carboxylic acids is 1. The molecule has 6 nitrogen and oxygen atoms in total. The van der Waals surface area contributed by atoms with Crippen LogP contribution in [0.25, 0.3) is 0 Å². The Morgan fingerprint density at radius 2 is 2.10 bits per heavy atom. The highest BCUT2D eigenvalue weighted by Gasteiger charge is 2.37. The predicted octanol–water partition coefficient (Wildman–Crippen LogP) is 0.570. The van der Waals surface area contributed by atoms with Gasteiger partial charge in [-0.3, -0.25) is 14.5 Å². The smallest absolute Gasteiger partial charge is 0.310 e. The lowest BCUT2D eigenvalue weighted by molar-refractivity contribution is -0.143. The third-order valence-corrected chi connectivity index (χ3v) is 3.63. The number of amides is 1. The first-order chi connectivity index (χ1) is 9.45. The number of carboxylic acids is 1. The molecule has 0 aromatic rings. The summed E-state index contributed by atoms with van der Waals surface area (Å²) in [5, 5.41) is 12.0. The van der Waals surface area contributed by atoms with Gasteiger partial charge in [-0.2, -0.15) is 0 Å². The van der Waals surface area contributed by atoms with Crippen LogP contribution < -0.4 is 5.32 Å². The predicted molar refractivity (Wildman–Crippen MR) is 75.4 cm³/mol. The van der Waals surface area contributed by atoms with Crippen molar-refractivity contribution in [2.24, 2.45) is 11.8 Å². The van der Waals surface area contributed by atoms with Crippen molar-refractivity contribution in [2.75, 3.05) is 32.8 Å². The van der Waals surface area contributed by atoms with E-state index < -0.39 is 11.9 Å². The summed E-state index contributed by atoms with van der Waals surface area (Å²) in [5.74, 6) is -0.898. The van der Waals surface area contributed by atoms with Crippen LogP contribution in [0.3, 0.4) is 0 Å². The van der Waals surface area contributed by atoms with Gasteiger partial charge in [0.05, 0.1) is 25.7 Å². The van der Waals surface area contributed by atoms with E-state index in [9.17, 15) is 9.59 Å².